The van der Waals surface area contributed by atoms with Crippen LogP contribution in [0.1, 0.15) is 16.8 Å². The summed E-state index contributed by atoms with van der Waals surface area (Å²) in [7, 11) is 1.58. The molecule has 1 aromatic carbocycles. The summed E-state index contributed by atoms with van der Waals surface area (Å²) in [5.74, 6) is -0.128. The molecule has 19 heavy (non-hydrogen) atoms. The minimum Gasteiger partial charge on any atom is -0.493 e. The van der Waals surface area contributed by atoms with Crippen molar-refractivity contribution in [1.29, 1.82) is 5.26 Å². The maximum absolute atomic E-state index is 12.1. The number of imidazole rings is 1. The molecule has 0 saturated heterocycles. The number of halogens is 1. The van der Waals surface area contributed by atoms with Crippen LogP contribution in [0.3, 0.4) is 0 Å². The van der Waals surface area contributed by atoms with Gasteiger partial charge in [0.25, 0.3) is 0 Å². The number of benzene rings is 1. The van der Waals surface area contributed by atoms with Crippen LogP contribution >= 0.6 is 11.6 Å². The van der Waals surface area contributed by atoms with Gasteiger partial charge in [0.2, 0.25) is 5.88 Å². The number of hydrogen-bond acceptors (Lipinski definition) is 3. The fourth-order valence-electron chi connectivity index (χ4n) is 1.92. The average molecular weight is 278 g/mol. The van der Waals surface area contributed by atoms with E-state index in [0.717, 1.165) is 0 Å². The van der Waals surface area contributed by atoms with Crippen molar-refractivity contribution in [3.05, 3.63) is 44.5 Å². The fourth-order valence-corrected chi connectivity index (χ4v) is 2.12. The van der Waals surface area contributed by atoms with E-state index in [0.29, 0.717) is 22.5 Å². The van der Waals surface area contributed by atoms with E-state index in [9.17, 15) is 9.90 Å². The van der Waals surface area contributed by atoms with Gasteiger partial charge in [-0.2, -0.15) is 5.26 Å². The highest BCUT2D eigenvalue weighted by Crippen LogP contribution is 2.28. The molecule has 1 aromatic heterocycles. The molecule has 6 heteroatoms. The summed E-state index contributed by atoms with van der Waals surface area (Å²) in [6.45, 7) is 3.35. The lowest BCUT2D eigenvalue weighted by Crippen LogP contribution is -2.21. The van der Waals surface area contributed by atoms with Gasteiger partial charge in [-0.3, -0.25) is 4.57 Å². The predicted molar refractivity (Wildman–Crippen MR) is 71.9 cm³/mol. The monoisotopic (exact) mass is 277 g/mol. The fraction of sp³-hybridized carbons (Fsp3) is 0.231. The van der Waals surface area contributed by atoms with Crippen LogP contribution in [0.25, 0.3) is 5.69 Å². The quantitative estimate of drug-likeness (QED) is 0.867. The van der Waals surface area contributed by atoms with Gasteiger partial charge in [0.1, 0.15) is 6.07 Å². The Balaban J connectivity index is 2.82. The zero-order chi connectivity index (χ0) is 14.3. The molecule has 0 atom stereocenters. The first kappa shape index (κ1) is 13.2. The van der Waals surface area contributed by atoms with E-state index in [2.05, 4.69) is 0 Å². The Kier molecular flexibility index (Phi) is 3.13. The molecular formula is C13H12ClN3O2. The molecule has 0 fully saturated rings. The average Bonchev–Trinajstić information content (AvgIpc) is 2.58. The first-order valence-electron chi connectivity index (χ1n) is 5.57. The van der Waals surface area contributed by atoms with E-state index in [1.807, 2.05) is 6.07 Å². The highest BCUT2D eigenvalue weighted by atomic mass is 35.5. The molecule has 5 nitrogen and oxygen atoms in total. The van der Waals surface area contributed by atoms with Crippen LogP contribution in [0.5, 0.6) is 5.88 Å². The minimum atomic E-state index is -0.362. The van der Waals surface area contributed by atoms with Gasteiger partial charge < -0.3 is 5.11 Å². The summed E-state index contributed by atoms with van der Waals surface area (Å²) in [5.41, 5.74) is 1.48. The summed E-state index contributed by atoms with van der Waals surface area (Å²) in [6.07, 6.45) is 0. The van der Waals surface area contributed by atoms with Crippen molar-refractivity contribution in [3.63, 3.8) is 0 Å². The van der Waals surface area contributed by atoms with Gasteiger partial charge in [-0.25, -0.2) is 9.36 Å². The second-order valence-electron chi connectivity index (χ2n) is 4.27. The number of nitriles is 1. The van der Waals surface area contributed by atoms with E-state index in [-0.39, 0.29) is 16.6 Å². The third kappa shape index (κ3) is 1.81. The van der Waals surface area contributed by atoms with Crippen molar-refractivity contribution in [2.24, 2.45) is 7.05 Å². The van der Waals surface area contributed by atoms with Crippen molar-refractivity contribution in [2.45, 2.75) is 13.8 Å². The maximum Gasteiger partial charge on any atom is 0.335 e. The summed E-state index contributed by atoms with van der Waals surface area (Å²) >= 11 is 6.07. The van der Waals surface area contributed by atoms with E-state index in [4.69, 9.17) is 16.9 Å². The van der Waals surface area contributed by atoms with Gasteiger partial charge in [0.15, 0.2) is 0 Å². The van der Waals surface area contributed by atoms with Crippen molar-refractivity contribution in [3.8, 4) is 17.6 Å². The van der Waals surface area contributed by atoms with E-state index in [1.54, 1.807) is 27.0 Å². The van der Waals surface area contributed by atoms with Gasteiger partial charge in [-0.05, 0) is 31.5 Å². The number of aromatic hydroxyl groups is 1. The van der Waals surface area contributed by atoms with Crippen molar-refractivity contribution in [2.75, 3.05) is 0 Å². The van der Waals surface area contributed by atoms with Crippen LogP contribution in [-0.4, -0.2) is 14.2 Å². The van der Waals surface area contributed by atoms with Crippen molar-refractivity contribution in [1.82, 2.24) is 9.13 Å². The first-order chi connectivity index (χ1) is 8.90. The molecular weight excluding hydrogens is 266 g/mol. The second kappa shape index (κ2) is 4.48. The number of aromatic nitrogens is 2. The molecule has 0 aliphatic heterocycles. The highest BCUT2D eigenvalue weighted by Gasteiger charge is 2.18. The van der Waals surface area contributed by atoms with E-state index < -0.39 is 0 Å². The summed E-state index contributed by atoms with van der Waals surface area (Å²) in [4.78, 5) is 12.1. The van der Waals surface area contributed by atoms with Crippen molar-refractivity contribution >= 4 is 11.6 Å². The molecule has 98 valence electrons. The molecule has 1 heterocycles. The Morgan fingerprint density at radius 1 is 1.37 bits per heavy atom. The van der Waals surface area contributed by atoms with Gasteiger partial charge in [0.05, 0.1) is 22.0 Å². The number of hydrogen-bond donors (Lipinski definition) is 1. The maximum atomic E-state index is 12.1. The van der Waals surface area contributed by atoms with Crippen LogP contribution < -0.4 is 5.69 Å². The van der Waals surface area contributed by atoms with Gasteiger partial charge in [-0.1, -0.05) is 11.6 Å². The Bertz CT molecular complexity index is 766. The molecule has 2 aromatic rings. The smallest absolute Gasteiger partial charge is 0.335 e. The summed E-state index contributed by atoms with van der Waals surface area (Å²) in [5, 5.41) is 19.2. The van der Waals surface area contributed by atoms with Gasteiger partial charge in [0, 0.05) is 7.05 Å². The molecule has 0 radical (unpaired) electrons. The molecule has 0 aliphatic carbocycles. The zero-order valence-electron chi connectivity index (χ0n) is 10.7. The summed E-state index contributed by atoms with van der Waals surface area (Å²) in [6, 6.07) is 5.10. The van der Waals surface area contributed by atoms with Gasteiger partial charge in [-0.15, -0.1) is 0 Å². The van der Waals surface area contributed by atoms with Crippen LogP contribution in [0, 0.1) is 25.2 Å². The molecule has 0 unspecified atom stereocenters. The minimum absolute atomic E-state index is 0.128. The summed E-state index contributed by atoms with van der Waals surface area (Å²) < 4.78 is 2.53. The Morgan fingerprint density at radius 2 is 2.00 bits per heavy atom. The number of rotatable bonds is 1. The SMILES string of the molecule is Cc1c(-n2c(O)c(C)n(C)c2=O)ccc(C#N)c1Cl. The second-order valence-corrected chi connectivity index (χ2v) is 4.65. The standard InChI is InChI=1S/C13H12ClN3O2/c1-7-10(5-4-9(6-15)11(7)14)17-12(18)8(2)16(3)13(17)19/h4-5,18H,1-3H3. The number of nitrogens with zero attached hydrogens (tertiary/aromatic N) is 3. The van der Waals surface area contributed by atoms with Crippen LogP contribution in [0.4, 0.5) is 0 Å². The zero-order valence-corrected chi connectivity index (χ0v) is 11.5. The van der Waals surface area contributed by atoms with Crippen LogP contribution in [0.15, 0.2) is 16.9 Å². The molecule has 2 rings (SSSR count). The highest BCUT2D eigenvalue weighted by molar-refractivity contribution is 6.32. The Hall–Kier alpha value is -2.19. The topological polar surface area (TPSA) is 70.9 Å². The molecule has 0 saturated carbocycles. The normalized spacial score (nSPS) is 10.5. The largest absolute Gasteiger partial charge is 0.493 e. The lowest BCUT2D eigenvalue weighted by molar-refractivity contribution is 0.436. The third-order valence-corrected chi connectivity index (χ3v) is 3.72. The third-order valence-electron chi connectivity index (χ3n) is 3.24. The molecule has 0 bridgehead atoms. The van der Waals surface area contributed by atoms with E-state index >= 15 is 0 Å². The predicted octanol–water partition coefficient (Wildman–Crippen LogP) is 2.02. The molecule has 0 spiro atoms. The van der Waals surface area contributed by atoms with Gasteiger partial charge >= 0.3 is 5.69 Å². The van der Waals surface area contributed by atoms with E-state index in [1.165, 1.54) is 15.2 Å². The first-order valence-corrected chi connectivity index (χ1v) is 5.94. The van der Waals surface area contributed by atoms with Crippen LogP contribution in [0.2, 0.25) is 5.02 Å². The Labute approximate surface area is 114 Å². The van der Waals surface area contributed by atoms with Crippen LogP contribution in [-0.2, 0) is 7.05 Å². The Morgan fingerprint density at radius 3 is 2.47 bits per heavy atom. The molecule has 0 aliphatic rings. The molecule has 1 N–H and O–H groups in total. The van der Waals surface area contributed by atoms with Crippen molar-refractivity contribution < 1.29 is 5.11 Å². The molecule has 0 amide bonds. The lowest BCUT2D eigenvalue weighted by Gasteiger charge is -2.09. The lowest BCUT2D eigenvalue weighted by atomic mass is 10.1.